The Bertz CT molecular complexity index is 748. The lowest BCUT2D eigenvalue weighted by atomic mass is 10.1. The third-order valence-electron chi connectivity index (χ3n) is 4.29. The molecule has 25 heavy (non-hydrogen) atoms. The standard InChI is InChI=1S/C19H20N2O4/c22-19(16-7-2-1-3-8-16)20-11-5-10-18(13-20)25-14-15-6-4-9-17(12-15)21(23)24/h1-4,6-9,12,18H,5,10-11,13-14H2. The Morgan fingerprint density at radius 1 is 1.20 bits per heavy atom. The molecule has 2 aromatic carbocycles. The van der Waals surface area contributed by atoms with E-state index in [-0.39, 0.29) is 17.7 Å². The molecule has 0 N–H and O–H groups in total. The summed E-state index contributed by atoms with van der Waals surface area (Å²) in [6.07, 6.45) is 1.71. The summed E-state index contributed by atoms with van der Waals surface area (Å²) in [5.41, 5.74) is 1.51. The number of nitrogens with zero attached hydrogens (tertiary/aromatic N) is 2. The number of carbonyl (C=O) groups excluding carboxylic acids is 1. The minimum atomic E-state index is -0.412. The van der Waals surface area contributed by atoms with Gasteiger partial charge in [-0.3, -0.25) is 14.9 Å². The number of piperidine rings is 1. The van der Waals surface area contributed by atoms with E-state index in [4.69, 9.17) is 4.74 Å². The second-order valence-electron chi connectivity index (χ2n) is 6.12. The number of hydrogen-bond acceptors (Lipinski definition) is 4. The van der Waals surface area contributed by atoms with Crippen molar-refractivity contribution in [3.63, 3.8) is 0 Å². The molecule has 0 aromatic heterocycles. The van der Waals surface area contributed by atoms with Gasteiger partial charge in [0.1, 0.15) is 0 Å². The maximum atomic E-state index is 12.5. The van der Waals surface area contributed by atoms with Gasteiger partial charge in [-0.15, -0.1) is 0 Å². The number of non-ortho nitro benzene ring substituents is 1. The van der Waals surface area contributed by atoms with Crippen LogP contribution in [0.1, 0.15) is 28.8 Å². The molecule has 1 unspecified atom stereocenters. The van der Waals surface area contributed by atoms with Crippen LogP contribution in [0, 0.1) is 10.1 Å². The van der Waals surface area contributed by atoms with Gasteiger partial charge in [0.25, 0.3) is 11.6 Å². The Labute approximate surface area is 146 Å². The molecule has 0 spiro atoms. The summed E-state index contributed by atoms with van der Waals surface area (Å²) in [4.78, 5) is 24.8. The van der Waals surface area contributed by atoms with Gasteiger partial charge in [0, 0.05) is 30.8 Å². The van der Waals surface area contributed by atoms with Crippen molar-refractivity contribution in [2.75, 3.05) is 13.1 Å². The molecule has 1 atom stereocenters. The molecule has 1 fully saturated rings. The highest BCUT2D eigenvalue weighted by atomic mass is 16.6. The predicted octanol–water partition coefficient (Wildman–Crippen LogP) is 3.42. The van der Waals surface area contributed by atoms with Crippen molar-refractivity contribution >= 4 is 11.6 Å². The number of hydrogen-bond donors (Lipinski definition) is 0. The molecule has 0 bridgehead atoms. The summed E-state index contributed by atoms with van der Waals surface area (Å²) in [6, 6.07) is 15.7. The number of nitro groups is 1. The summed E-state index contributed by atoms with van der Waals surface area (Å²) < 4.78 is 5.90. The van der Waals surface area contributed by atoms with Gasteiger partial charge in [-0.1, -0.05) is 30.3 Å². The first kappa shape index (κ1) is 17.1. The summed E-state index contributed by atoms with van der Waals surface area (Å²) in [5, 5.41) is 10.8. The number of carbonyl (C=O) groups is 1. The second kappa shape index (κ2) is 7.90. The van der Waals surface area contributed by atoms with Crippen molar-refractivity contribution < 1.29 is 14.5 Å². The molecule has 6 nitrogen and oxygen atoms in total. The summed E-state index contributed by atoms with van der Waals surface area (Å²) in [5.74, 6) is 0.0178. The SMILES string of the molecule is O=C(c1ccccc1)N1CCCC(OCc2cccc([N+](=O)[O-])c2)C1. The van der Waals surface area contributed by atoms with Crippen LogP contribution in [-0.4, -0.2) is 34.9 Å². The average Bonchev–Trinajstić information content (AvgIpc) is 2.67. The Kier molecular flexibility index (Phi) is 5.40. The first-order chi connectivity index (χ1) is 12.1. The Morgan fingerprint density at radius 3 is 2.76 bits per heavy atom. The lowest BCUT2D eigenvalue weighted by molar-refractivity contribution is -0.385. The van der Waals surface area contributed by atoms with E-state index in [0.717, 1.165) is 24.9 Å². The van der Waals surface area contributed by atoms with Crippen molar-refractivity contribution in [2.45, 2.75) is 25.6 Å². The van der Waals surface area contributed by atoms with Crippen molar-refractivity contribution in [3.8, 4) is 0 Å². The molecule has 1 saturated heterocycles. The molecule has 2 aromatic rings. The van der Waals surface area contributed by atoms with Gasteiger partial charge in [0.2, 0.25) is 0 Å². The molecule has 3 rings (SSSR count). The zero-order valence-electron chi connectivity index (χ0n) is 13.8. The van der Waals surface area contributed by atoms with Crippen LogP contribution in [0.15, 0.2) is 54.6 Å². The fraction of sp³-hybridized carbons (Fsp3) is 0.316. The topological polar surface area (TPSA) is 72.7 Å². The van der Waals surface area contributed by atoms with E-state index in [1.165, 1.54) is 12.1 Å². The smallest absolute Gasteiger partial charge is 0.269 e. The average molecular weight is 340 g/mol. The second-order valence-corrected chi connectivity index (χ2v) is 6.12. The first-order valence-corrected chi connectivity index (χ1v) is 8.33. The van der Waals surface area contributed by atoms with Crippen LogP contribution in [0.25, 0.3) is 0 Å². The van der Waals surface area contributed by atoms with E-state index in [2.05, 4.69) is 0 Å². The molecule has 0 aliphatic carbocycles. The van der Waals surface area contributed by atoms with Crippen molar-refractivity contribution in [2.24, 2.45) is 0 Å². The third kappa shape index (κ3) is 4.42. The zero-order valence-corrected chi connectivity index (χ0v) is 13.8. The molecule has 6 heteroatoms. The van der Waals surface area contributed by atoms with Crippen LogP contribution in [-0.2, 0) is 11.3 Å². The maximum absolute atomic E-state index is 12.5. The lowest BCUT2D eigenvalue weighted by Gasteiger charge is -2.32. The van der Waals surface area contributed by atoms with E-state index in [9.17, 15) is 14.9 Å². The minimum absolute atomic E-state index is 0.0178. The quantitative estimate of drug-likeness (QED) is 0.617. The third-order valence-corrected chi connectivity index (χ3v) is 4.29. The Balaban J connectivity index is 1.58. The molecule has 1 aliphatic rings. The van der Waals surface area contributed by atoms with Gasteiger partial charge in [-0.05, 0) is 30.5 Å². The number of amides is 1. The van der Waals surface area contributed by atoms with Gasteiger partial charge in [-0.25, -0.2) is 0 Å². The monoisotopic (exact) mass is 340 g/mol. The maximum Gasteiger partial charge on any atom is 0.269 e. The summed E-state index contributed by atoms with van der Waals surface area (Å²) in [7, 11) is 0. The number of benzene rings is 2. The van der Waals surface area contributed by atoms with Gasteiger partial charge < -0.3 is 9.64 Å². The van der Waals surface area contributed by atoms with Crippen molar-refractivity contribution in [3.05, 3.63) is 75.8 Å². The van der Waals surface area contributed by atoms with Gasteiger partial charge in [0.05, 0.1) is 17.6 Å². The highest BCUT2D eigenvalue weighted by Gasteiger charge is 2.25. The van der Waals surface area contributed by atoms with Crippen LogP contribution in [0.4, 0.5) is 5.69 Å². The van der Waals surface area contributed by atoms with E-state index < -0.39 is 4.92 Å². The molecule has 1 amide bonds. The fourth-order valence-corrected chi connectivity index (χ4v) is 3.00. The molecule has 1 heterocycles. The van der Waals surface area contributed by atoms with Gasteiger partial charge >= 0.3 is 0 Å². The number of nitro benzene ring substituents is 1. The van der Waals surface area contributed by atoms with Crippen LogP contribution in [0.5, 0.6) is 0 Å². The van der Waals surface area contributed by atoms with Gasteiger partial charge in [-0.2, -0.15) is 0 Å². The highest BCUT2D eigenvalue weighted by Crippen LogP contribution is 2.19. The summed E-state index contributed by atoms with van der Waals surface area (Å²) >= 11 is 0. The minimum Gasteiger partial charge on any atom is -0.372 e. The number of rotatable bonds is 5. The predicted molar refractivity (Wildman–Crippen MR) is 93.3 cm³/mol. The molecule has 0 saturated carbocycles. The molecular formula is C19H20N2O4. The molecule has 0 radical (unpaired) electrons. The van der Waals surface area contributed by atoms with Gasteiger partial charge in [0.15, 0.2) is 0 Å². The summed E-state index contributed by atoms with van der Waals surface area (Å²) in [6.45, 7) is 1.58. The van der Waals surface area contributed by atoms with Crippen LogP contribution in [0.3, 0.4) is 0 Å². The van der Waals surface area contributed by atoms with Crippen molar-refractivity contribution in [1.82, 2.24) is 4.90 Å². The number of ether oxygens (including phenoxy) is 1. The highest BCUT2D eigenvalue weighted by molar-refractivity contribution is 5.94. The van der Waals surface area contributed by atoms with E-state index in [1.54, 1.807) is 6.07 Å². The van der Waals surface area contributed by atoms with Crippen LogP contribution >= 0.6 is 0 Å². The van der Waals surface area contributed by atoms with E-state index in [0.29, 0.717) is 18.7 Å². The van der Waals surface area contributed by atoms with Crippen molar-refractivity contribution in [1.29, 1.82) is 0 Å². The van der Waals surface area contributed by atoms with E-state index >= 15 is 0 Å². The Morgan fingerprint density at radius 2 is 2.00 bits per heavy atom. The largest absolute Gasteiger partial charge is 0.372 e. The fourth-order valence-electron chi connectivity index (χ4n) is 3.00. The first-order valence-electron chi connectivity index (χ1n) is 8.33. The Hall–Kier alpha value is -2.73. The molecular weight excluding hydrogens is 320 g/mol. The van der Waals surface area contributed by atoms with Crippen LogP contribution in [0.2, 0.25) is 0 Å². The van der Waals surface area contributed by atoms with Crippen LogP contribution < -0.4 is 0 Å². The van der Waals surface area contributed by atoms with E-state index in [1.807, 2.05) is 41.3 Å². The molecule has 130 valence electrons. The normalized spacial score (nSPS) is 17.3. The number of likely N-dealkylation sites (tertiary alicyclic amines) is 1. The molecule has 1 aliphatic heterocycles. The zero-order chi connectivity index (χ0) is 17.6. The lowest BCUT2D eigenvalue weighted by Crippen LogP contribution is -2.43.